The Balaban J connectivity index is 2.70. The topological polar surface area (TPSA) is 74.2 Å². The van der Waals surface area contributed by atoms with Gasteiger partial charge in [-0.1, -0.05) is 18.5 Å². The predicted molar refractivity (Wildman–Crippen MR) is 60.9 cm³/mol. The van der Waals surface area contributed by atoms with Crippen molar-refractivity contribution in [3.63, 3.8) is 0 Å². The summed E-state index contributed by atoms with van der Waals surface area (Å²) in [5, 5.41) is 3.91. The highest BCUT2D eigenvalue weighted by Gasteiger charge is 2.27. The Bertz CT molecular complexity index is 323. The van der Waals surface area contributed by atoms with Gasteiger partial charge in [-0.2, -0.15) is 4.98 Å². The number of methoxy groups -OCH3 is 1. The van der Waals surface area contributed by atoms with E-state index in [1.807, 2.05) is 13.8 Å². The van der Waals surface area contributed by atoms with Crippen LogP contribution in [0.5, 0.6) is 0 Å². The van der Waals surface area contributed by atoms with Crippen LogP contribution in [0.2, 0.25) is 0 Å². The van der Waals surface area contributed by atoms with Crippen molar-refractivity contribution in [3.05, 3.63) is 11.7 Å². The summed E-state index contributed by atoms with van der Waals surface area (Å²) < 4.78 is 10.3. The first-order valence-electron chi connectivity index (χ1n) is 5.64. The van der Waals surface area contributed by atoms with Crippen molar-refractivity contribution in [2.45, 2.75) is 51.7 Å². The Labute approximate surface area is 96.4 Å². The zero-order valence-electron chi connectivity index (χ0n) is 10.5. The molecule has 5 heteroatoms. The molecule has 0 saturated heterocycles. The zero-order chi connectivity index (χ0) is 12.2. The molecule has 1 rings (SSSR count). The monoisotopic (exact) mass is 227 g/mol. The van der Waals surface area contributed by atoms with E-state index in [1.165, 1.54) is 0 Å². The molecule has 0 radical (unpaired) electrons. The fraction of sp³-hybridized carbons (Fsp3) is 0.818. The molecule has 1 heterocycles. The molecule has 1 aromatic rings. The van der Waals surface area contributed by atoms with Crippen LogP contribution in [-0.4, -0.2) is 23.4 Å². The molecule has 2 N–H and O–H groups in total. The van der Waals surface area contributed by atoms with Gasteiger partial charge < -0.3 is 15.0 Å². The minimum absolute atomic E-state index is 0.0839. The minimum atomic E-state index is -0.531. The second-order valence-corrected chi connectivity index (χ2v) is 4.43. The van der Waals surface area contributed by atoms with Gasteiger partial charge in [0.05, 0.1) is 11.6 Å². The van der Waals surface area contributed by atoms with Crippen molar-refractivity contribution in [2.24, 2.45) is 5.73 Å². The van der Waals surface area contributed by atoms with Gasteiger partial charge in [0.25, 0.3) is 0 Å². The lowest BCUT2D eigenvalue weighted by molar-refractivity contribution is 0.116. The van der Waals surface area contributed by atoms with Gasteiger partial charge in [-0.25, -0.2) is 0 Å². The van der Waals surface area contributed by atoms with Crippen LogP contribution in [-0.2, 0) is 16.7 Å². The minimum Gasteiger partial charge on any atom is -0.381 e. The molecule has 0 aliphatic carbocycles. The first-order valence-corrected chi connectivity index (χ1v) is 5.64. The van der Waals surface area contributed by atoms with Crippen LogP contribution in [0.1, 0.15) is 45.3 Å². The van der Waals surface area contributed by atoms with Crippen LogP contribution in [0, 0.1) is 0 Å². The summed E-state index contributed by atoms with van der Waals surface area (Å²) in [5.41, 5.74) is 5.57. The normalized spacial score (nSPS) is 17.1. The molecule has 0 amide bonds. The van der Waals surface area contributed by atoms with Gasteiger partial charge in [0.2, 0.25) is 5.89 Å². The molecule has 92 valence electrons. The summed E-state index contributed by atoms with van der Waals surface area (Å²) in [5.74, 6) is 1.16. The highest BCUT2D eigenvalue weighted by Crippen LogP contribution is 2.21. The van der Waals surface area contributed by atoms with Crippen molar-refractivity contribution < 1.29 is 9.26 Å². The first-order chi connectivity index (χ1) is 7.49. The van der Waals surface area contributed by atoms with Crippen molar-refractivity contribution in [3.8, 4) is 0 Å². The van der Waals surface area contributed by atoms with Crippen LogP contribution < -0.4 is 5.73 Å². The number of hydrogen-bond acceptors (Lipinski definition) is 5. The average Bonchev–Trinajstić information content (AvgIpc) is 2.66. The summed E-state index contributed by atoms with van der Waals surface area (Å²) in [6.07, 6.45) is 2.54. The van der Waals surface area contributed by atoms with Crippen LogP contribution in [0.15, 0.2) is 4.52 Å². The molecule has 0 saturated carbocycles. The van der Waals surface area contributed by atoms with Gasteiger partial charge in [0.1, 0.15) is 0 Å². The van der Waals surface area contributed by atoms with Crippen molar-refractivity contribution in [2.75, 3.05) is 7.11 Å². The van der Waals surface area contributed by atoms with E-state index < -0.39 is 5.54 Å². The largest absolute Gasteiger partial charge is 0.381 e. The van der Waals surface area contributed by atoms with Gasteiger partial charge in [-0.05, 0) is 20.3 Å². The van der Waals surface area contributed by atoms with Crippen LogP contribution in [0.4, 0.5) is 0 Å². The molecule has 0 fully saturated rings. The zero-order valence-corrected chi connectivity index (χ0v) is 10.5. The van der Waals surface area contributed by atoms with Gasteiger partial charge in [0.15, 0.2) is 5.82 Å². The maximum atomic E-state index is 6.10. The lowest BCUT2D eigenvalue weighted by Gasteiger charge is -2.18. The number of hydrogen-bond donors (Lipinski definition) is 1. The number of rotatable bonds is 6. The summed E-state index contributed by atoms with van der Waals surface area (Å²) >= 11 is 0. The average molecular weight is 227 g/mol. The third-order valence-corrected chi connectivity index (χ3v) is 2.60. The number of nitrogens with zero attached hydrogens (tertiary/aromatic N) is 2. The third-order valence-electron chi connectivity index (χ3n) is 2.60. The lowest BCUT2D eigenvalue weighted by atomic mass is 9.98. The molecule has 0 bridgehead atoms. The Morgan fingerprint density at radius 3 is 2.81 bits per heavy atom. The molecular weight excluding hydrogens is 206 g/mol. The van der Waals surface area contributed by atoms with Crippen LogP contribution >= 0.6 is 0 Å². The second-order valence-electron chi connectivity index (χ2n) is 4.43. The molecular formula is C11H21N3O2. The number of ether oxygens (including phenoxy) is 1. The fourth-order valence-electron chi connectivity index (χ4n) is 1.54. The van der Waals surface area contributed by atoms with Gasteiger partial charge >= 0.3 is 0 Å². The fourth-order valence-corrected chi connectivity index (χ4v) is 1.54. The summed E-state index contributed by atoms with van der Waals surface area (Å²) in [6.45, 7) is 5.95. The number of aromatic nitrogens is 2. The van der Waals surface area contributed by atoms with E-state index in [4.69, 9.17) is 15.0 Å². The highest BCUT2D eigenvalue weighted by atomic mass is 16.5. The van der Waals surface area contributed by atoms with Crippen molar-refractivity contribution >= 4 is 0 Å². The molecule has 5 nitrogen and oxygen atoms in total. The van der Waals surface area contributed by atoms with Crippen molar-refractivity contribution in [1.82, 2.24) is 10.1 Å². The maximum absolute atomic E-state index is 6.10. The third kappa shape index (κ3) is 3.28. The maximum Gasteiger partial charge on any atom is 0.246 e. The quantitative estimate of drug-likeness (QED) is 0.799. The molecule has 16 heavy (non-hydrogen) atoms. The van der Waals surface area contributed by atoms with E-state index in [1.54, 1.807) is 7.11 Å². The van der Waals surface area contributed by atoms with Gasteiger partial charge in [-0.15, -0.1) is 0 Å². The molecule has 0 spiro atoms. The van der Waals surface area contributed by atoms with E-state index in [0.29, 0.717) is 18.1 Å². The standard InChI is InChI=1S/C11H21N3O2/c1-5-6-11(3,12)10-13-9(14-16-10)7-8(2)15-4/h8H,5-7,12H2,1-4H3. The molecule has 2 unspecified atom stereocenters. The van der Waals surface area contributed by atoms with Crippen molar-refractivity contribution in [1.29, 1.82) is 0 Å². The lowest BCUT2D eigenvalue weighted by Crippen LogP contribution is -2.33. The molecule has 0 aromatic carbocycles. The highest BCUT2D eigenvalue weighted by molar-refractivity contribution is 5.00. The molecule has 0 aliphatic rings. The van der Waals surface area contributed by atoms with Gasteiger partial charge in [-0.3, -0.25) is 0 Å². The Kier molecular flexibility index (Phi) is 4.44. The Morgan fingerprint density at radius 2 is 2.25 bits per heavy atom. The van der Waals surface area contributed by atoms with Gasteiger partial charge in [0, 0.05) is 13.5 Å². The van der Waals surface area contributed by atoms with E-state index in [2.05, 4.69) is 17.1 Å². The second kappa shape index (κ2) is 5.41. The van der Waals surface area contributed by atoms with E-state index in [-0.39, 0.29) is 6.10 Å². The summed E-state index contributed by atoms with van der Waals surface area (Å²) in [6, 6.07) is 0. The Morgan fingerprint density at radius 1 is 1.56 bits per heavy atom. The van der Waals surface area contributed by atoms with E-state index in [0.717, 1.165) is 12.8 Å². The van der Waals surface area contributed by atoms with Crippen LogP contribution in [0.25, 0.3) is 0 Å². The molecule has 0 aliphatic heterocycles. The smallest absolute Gasteiger partial charge is 0.246 e. The first kappa shape index (κ1) is 13.1. The Hall–Kier alpha value is -0.940. The van der Waals surface area contributed by atoms with Crippen LogP contribution in [0.3, 0.4) is 0 Å². The molecule has 2 atom stereocenters. The van der Waals surface area contributed by atoms with E-state index in [9.17, 15) is 0 Å². The van der Waals surface area contributed by atoms with E-state index >= 15 is 0 Å². The number of nitrogens with two attached hydrogens (primary N) is 1. The SMILES string of the molecule is CCCC(C)(N)c1nc(CC(C)OC)no1. The summed E-state index contributed by atoms with van der Waals surface area (Å²) in [7, 11) is 1.66. The predicted octanol–water partition coefficient (Wildman–Crippen LogP) is 1.62. The molecule has 1 aromatic heterocycles. The summed E-state index contributed by atoms with van der Waals surface area (Å²) in [4.78, 5) is 4.31.